The highest BCUT2D eigenvalue weighted by Crippen LogP contribution is 2.33. The van der Waals surface area contributed by atoms with Gasteiger partial charge in [0.05, 0.1) is 16.7 Å². The molecule has 1 amide bonds. The van der Waals surface area contributed by atoms with Crippen LogP contribution < -0.4 is 5.32 Å². The Hall–Kier alpha value is -2.14. The zero-order valence-corrected chi connectivity index (χ0v) is 14.7. The third kappa shape index (κ3) is 3.36. The van der Waals surface area contributed by atoms with Gasteiger partial charge in [0.15, 0.2) is 9.84 Å². The molecule has 5 heteroatoms. The van der Waals surface area contributed by atoms with Crippen molar-refractivity contribution in [3.05, 3.63) is 64.7 Å². The summed E-state index contributed by atoms with van der Waals surface area (Å²) >= 11 is 0. The first-order valence-corrected chi connectivity index (χ1v) is 9.69. The van der Waals surface area contributed by atoms with Crippen molar-refractivity contribution in [2.75, 3.05) is 5.75 Å². The minimum Gasteiger partial charge on any atom is -0.348 e. The summed E-state index contributed by atoms with van der Waals surface area (Å²) in [7, 11) is -3.29. The van der Waals surface area contributed by atoms with Gasteiger partial charge in [-0.1, -0.05) is 42.0 Å². The molecule has 0 radical (unpaired) electrons. The molecule has 0 fully saturated rings. The number of hydrogen-bond donors (Lipinski definition) is 1. The molecule has 0 aromatic heterocycles. The normalized spacial score (nSPS) is 18.2. The second kappa shape index (κ2) is 6.40. The van der Waals surface area contributed by atoms with Crippen molar-refractivity contribution in [2.45, 2.75) is 37.6 Å². The Kier molecular flexibility index (Phi) is 4.45. The molecule has 0 saturated carbocycles. The van der Waals surface area contributed by atoms with Gasteiger partial charge in [-0.15, -0.1) is 0 Å². The van der Waals surface area contributed by atoms with E-state index in [1.165, 1.54) is 11.1 Å². The fourth-order valence-corrected chi connectivity index (χ4v) is 4.95. The van der Waals surface area contributed by atoms with Crippen molar-refractivity contribution in [1.29, 1.82) is 0 Å². The van der Waals surface area contributed by atoms with Crippen LogP contribution in [0.15, 0.2) is 47.4 Å². The van der Waals surface area contributed by atoms with Crippen LogP contribution in [-0.2, 0) is 21.1 Å². The first-order chi connectivity index (χ1) is 11.4. The number of sulfone groups is 1. The molecule has 2 aromatic carbocycles. The Bertz CT molecular complexity index is 887. The summed E-state index contributed by atoms with van der Waals surface area (Å²) in [6, 6.07) is 12.6. The lowest BCUT2D eigenvalue weighted by molar-refractivity contribution is -0.121. The number of nitrogens with one attached hydrogen (secondary N) is 1. The van der Waals surface area contributed by atoms with E-state index < -0.39 is 15.9 Å². The van der Waals surface area contributed by atoms with Crippen LogP contribution in [-0.4, -0.2) is 20.1 Å². The predicted octanol–water partition coefficient (Wildman–Crippen LogP) is 2.88. The molecule has 0 saturated heterocycles. The number of fused-ring (bicyclic) bond motifs is 1. The monoisotopic (exact) mass is 343 g/mol. The molecular weight excluding hydrogens is 322 g/mol. The maximum absolute atomic E-state index is 12.3. The molecule has 1 aliphatic rings. The van der Waals surface area contributed by atoms with E-state index in [2.05, 4.69) is 11.4 Å². The van der Waals surface area contributed by atoms with Crippen LogP contribution in [0.1, 0.15) is 34.7 Å². The van der Waals surface area contributed by atoms with Crippen molar-refractivity contribution in [3.63, 3.8) is 0 Å². The summed E-state index contributed by atoms with van der Waals surface area (Å²) in [6.07, 6.45) is 1.00. The molecule has 4 nitrogen and oxygen atoms in total. The second-order valence-corrected chi connectivity index (χ2v) is 8.37. The smallest absolute Gasteiger partial charge is 0.220 e. The van der Waals surface area contributed by atoms with Crippen molar-refractivity contribution in [2.24, 2.45) is 0 Å². The van der Waals surface area contributed by atoms with Gasteiger partial charge in [-0.25, -0.2) is 8.42 Å². The average molecular weight is 343 g/mol. The van der Waals surface area contributed by atoms with Crippen LogP contribution in [0.2, 0.25) is 0 Å². The van der Waals surface area contributed by atoms with E-state index in [0.29, 0.717) is 23.3 Å². The number of benzene rings is 2. The van der Waals surface area contributed by atoms with Gasteiger partial charge < -0.3 is 5.32 Å². The van der Waals surface area contributed by atoms with Gasteiger partial charge in [0.25, 0.3) is 0 Å². The van der Waals surface area contributed by atoms with E-state index in [9.17, 15) is 13.2 Å². The first-order valence-electron chi connectivity index (χ1n) is 8.04. The summed E-state index contributed by atoms with van der Waals surface area (Å²) in [5.74, 6) is -0.173. The molecule has 126 valence electrons. The van der Waals surface area contributed by atoms with E-state index >= 15 is 0 Å². The van der Waals surface area contributed by atoms with Crippen molar-refractivity contribution in [3.8, 4) is 0 Å². The van der Waals surface area contributed by atoms with Gasteiger partial charge >= 0.3 is 0 Å². The number of carbonyl (C=O) groups excluding carboxylic acids is 1. The highest BCUT2D eigenvalue weighted by Gasteiger charge is 2.34. The lowest BCUT2D eigenvalue weighted by atomic mass is 10.0. The van der Waals surface area contributed by atoms with Crippen LogP contribution >= 0.6 is 0 Å². The number of rotatable bonds is 4. The molecule has 1 N–H and O–H groups in total. The molecule has 3 rings (SSSR count). The molecule has 2 aromatic rings. The molecule has 1 aliphatic heterocycles. The van der Waals surface area contributed by atoms with Gasteiger partial charge in [0.1, 0.15) is 0 Å². The minimum atomic E-state index is -3.29. The van der Waals surface area contributed by atoms with Crippen LogP contribution in [0.3, 0.4) is 0 Å². The van der Waals surface area contributed by atoms with Gasteiger partial charge in [-0.05, 0) is 43.0 Å². The lowest BCUT2D eigenvalue weighted by Gasteiger charge is -2.13. The molecular formula is C19H21NO3S. The molecule has 0 spiro atoms. The van der Waals surface area contributed by atoms with Crippen LogP contribution in [0.4, 0.5) is 0 Å². The number of carbonyl (C=O) groups is 1. The van der Waals surface area contributed by atoms with Crippen LogP contribution in [0.5, 0.6) is 0 Å². The zero-order valence-electron chi connectivity index (χ0n) is 13.9. The minimum absolute atomic E-state index is 0.0539. The van der Waals surface area contributed by atoms with Crippen molar-refractivity contribution < 1.29 is 13.2 Å². The Balaban J connectivity index is 1.66. The molecule has 1 atom stereocenters. The fourth-order valence-electron chi connectivity index (χ4n) is 3.21. The van der Waals surface area contributed by atoms with E-state index in [1.807, 2.05) is 26.0 Å². The SMILES string of the molecule is Cc1ccc(CCC(=O)N[C@H]2CS(=O)(=O)c3ccccc32)c(C)c1. The quantitative estimate of drug-likeness (QED) is 0.928. The van der Waals surface area contributed by atoms with E-state index in [0.717, 1.165) is 5.56 Å². The van der Waals surface area contributed by atoms with Crippen molar-refractivity contribution in [1.82, 2.24) is 5.32 Å². The van der Waals surface area contributed by atoms with Crippen LogP contribution in [0, 0.1) is 13.8 Å². The first kappa shape index (κ1) is 16.7. The Morgan fingerprint density at radius 1 is 1.17 bits per heavy atom. The number of hydrogen-bond acceptors (Lipinski definition) is 3. The molecule has 0 unspecified atom stereocenters. The fraction of sp³-hybridized carbons (Fsp3) is 0.316. The summed E-state index contributed by atoms with van der Waals surface area (Å²) in [5, 5.41) is 2.87. The van der Waals surface area contributed by atoms with Gasteiger partial charge in [-0.2, -0.15) is 0 Å². The van der Waals surface area contributed by atoms with E-state index in [1.54, 1.807) is 24.3 Å². The summed E-state index contributed by atoms with van der Waals surface area (Å²) in [4.78, 5) is 12.6. The maximum atomic E-state index is 12.3. The summed E-state index contributed by atoms with van der Waals surface area (Å²) < 4.78 is 24.3. The Morgan fingerprint density at radius 3 is 2.67 bits per heavy atom. The molecule has 24 heavy (non-hydrogen) atoms. The van der Waals surface area contributed by atoms with E-state index in [4.69, 9.17) is 0 Å². The summed E-state index contributed by atoms with van der Waals surface area (Å²) in [5.41, 5.74) is 4.22. The Labute approximate surface area is 142 Å². The maximum Gasteiger partial charge on any atom is 0.220 e. The molecule has 0 aliphatic carbocycles. The highest BCUT2D eigenvalue weighted by molar-refractivity contribution is 7.91. The zero-order chi connectivity index (χ0) is 17.3. The predicted molar refractivity (Wildman–Crippen MR) is 93.6 cm³/mol. The Morgan fingerprint density at radius 2 is 1.92 bits per heavy atom. The largest absolute Gasteiger partial charge is 0.348 e. The standard InChI is InChI=1S/C19H21NO3S/c1-13-7-8-15(14(2)11-13)9-10-19(21)20-17-12-24(22,23)18-6-4-3-5-16(17)18/h3-8,11,17H,9-10,12H2,1-2H3,(H,20,21)/t17-/m0/s1. The van der Waals surface area contributed by atoms with Gasteiger partial charge in [-0.3, -0.25) is 4.79 Å². The van der Waals surface area contributed by atoms with Crippen LogP contribution in [0.25, 0.3) is 0 Å². The second-order valence-electron chi connectivity index (χ2n) is 6.37. The highest BCUT2D eigenvalue weighted by atomic mass is 32.2. The third-order valence-electron chi connectivity index (χ3n) is 4.47. The molecule has 1 heterocycles. The topological polar surface area (TPSA) is 63.2 Å². The average Bonchev–Trinajstić information content (AvgIpc) is 2.78. The number of aryl methyl sites for hydroxylation is 3. The lowest BCUT2D eigenvalue weighted by Crippen LogP contribution is -2.29. The number of amides is 1. The summed E-state index contributed by atoms with van der Waals surface area (Å²) in [6.45, 7) is 4.08. The van der Waals surface area contributed by atoms with Gasteiger partial charge in [0.2, 0.25) is 5.91 Å². The van der Waals surface area contributed by atoms with Gasteiger partial charge in [0, 0.05) is 6.42 Å². The van der Waals surface area contributed by atoms with E-state index in [-0.39, 0.29) is 11.7 Å². The third-order valence-corrected chi connectivity index (χ3v) is 6.28. The van der Waals surface area contributed by atoms with Crippen molar-refractivity contribution >= 4 is 15.7 Å². The molecule has 0 bridgehead atoms.